The minimum atomic E-state index is -0.629. The number of aliphatic hydroxyl groups is 2. The van der Waals surface area contributed by atoms with Crippen LogP contribution in [0.1, 0.15) is 66.2 Å². The Morgan fingerprint density at radius 3 is 2.68 bits per heavy atom. The smallest absolute Gasteiger partial charge is 0.308 e. The fourth-order valence-electron chi connectivity index (χ4n) is 5.23. The molecule has 3 aliphatic rings. The van der Waals surface area contributed by atoms with Crippen molar-refractivity contribution in [3.8, 4) is 0 Å². The Morgan fingerprint density at radius 1 is 1.29 bits per heavy atom. The van der Waals surface area contributed by atoms with Gasteiger partial charge in [-0.1, -0.05) is 39.0 Å². The first-order valence-corrected chi connectivity index (χ1v) is 11.9. The number of carbonyl (C=O) groups is 2. The van der Waals surface area contributed by atoms with Gasteiger partial charge in [-0.15, -0.1) is 0 Å². The summed E-state index contributed by atoms with van der Waals surface area (Å²) in [6, 6.07) is 0. The quantitative estimate of drug-likeness (QED) is 0.595. The second kappa shape index (κ2) is 10.3. The molecule has 0 aromatic rings. The van der Waals surface area contributed by atoms with Gasteiger partial charge in [0.2, 0.25) is 0 Å². The van der Waals surface area contributed by atoms with Crippen molar-refractivity contribution >= 4 is 11.9 Å². The van der Waals surface area contributed by atoms with E-state index in [1.165, 1.54) is 0 Å². The lowest BCUT2D eigenvalue weighted by Crippen LogP contribution is -2.43. The molecule has 1 aliphatic heterocycles. The van der Waals surface area contributed by atoms with Crippen LogP contribution in [0.4, 0.5) is 0 Å². The van der Waals surface area contributed by atoms with Crippen LogP contribution in [0.15, 0.2) is 23.8 Å². The molecule has 0 aromatic carbocycles. The Kier molecular flexibility index (Phi) is 7.98. The summed E-state index contributed by atoms with van der Waals surface area (Å²) in [4.78, 5) is 24.4. The molecular weight excluding hydrogens is 396 g/mol. The van der Waals surface area contributed by atoms with Crippen molar-refractivity contribution in [2.45, 2.75) is 90.6 Å². The normalized spacial score (nSPS) is 37.3. The molecule has 0 amide bonds. The fraction of sp³-hybridized carbons (Fsp3) is 0.760. The molecule has 6 nitrogen and oxygen atoms in total. The number of rotatable bonds is 7. The number of allylic oxidation sites excluding steroid dienone is 2. The highest BCUT2D eigenvalue weighted by Crippen LogP contribution is 2.46. The van der Waals surface area contributed by atoms with Gasteiger partial charge in [0.25, 0.3) is 0 Å². The average Bonchev–Trinajstić information content (AvgIpc) is 2.71. The van der Waals surface area contributed by atoms with Crippen molar-refractivity contribution in [1.29, 1.82) is 0 Å². The van der Waals surface area contributed by atoms with Gasteiger partial charge in [0.1, 0.15) is 12.2 Å². The first-order valence-electron chi connectivity index (χ1n) is 11.9. The number of ether oxygens (including phenoxy) is 2. The molecule has 9 atom stereocenters. The summed E-state index contributed by atoms with van der Waals surface area (Å²) in [6.45, 7) is 7.82. The van der Waals surface area contributed by atoms with Crippen LogP contribution >= 0.6 is 0 Å². The van der Waals surface area contributed by atoms with Gasteiger partial charge >= 0.3 is 11.9 Å². The van der Waals surface area contributed by atoms with Crippen molar-refractivity contribution in [2.75, 3.05) is 0 Å². The highest BCUT2D eigenvalue weighted by atomic mass is 16.5. The second-order valence-corrected chi connectivity index (χ2v) is 9.78. The summed E-state index contributed by atoms with van der Waals surface area (Å²) < 4.78 is 11.5. The zero-order valence-corrected chi connectivity index (χ0v) is 19.2. The molecule has 0 bridgehead atoms. The van der Waals surface area contributed by atoms with E-state index in [4.69, 9.17) is 9.47 Å². The Labute approximate surface area is 185 Å². The van der Waals surface area contributed by atoms with Gasteiger partial charge in [0.05, 0.1) is 24.5 Å². The molecule has 31 heavy (non-hydrogen) atoms. The molecule has 0 spiro atoms. The van der Waals surface area contributed by atoms with Crippen molar-refractivity contribution in [2.24, 2.45) is 29.6 Å². The van der Waals surface area contributed by atoms with Crippen molar-refractivity contribution in [3.63, 3.8) is 0 Å². The van der Waals surface area contributed by atoms with Crippen LogP contribution in [-0.2, 0) is 19.1 Å². The summed E-state index contributed by atoms with van der Waals surface area (Å²) in [6.07, 6.45) is 8.16. The van der Waals surface area contributed by atoms with Gasteiger partial charge in [-0.2, -0.15) is 0 Å². The Bertz CT molecular complexity index is 711. The van der Waals surface area contributed by atoms with Crippen LogP contribution in [-0.4, -0.2) is 46.6 Å². The number of cyclic esters (lactones) is 1. The lowest BCUT2D eigenvalue weighted by Gasteiger charge is -2.44. The van der Waals surface area contributed by atoms with Crippen LogP contribution in [0.5, 0.6) is 0 Å². The number of hydrogen-bond donors (Lipinski definition) is 2. The molecule has 1 saturated heterocycles. The highest BCUT2D eigenvalue weighted by Gasteiger charge is 2.43. The SMILES string of the molecule is CCC(C)C(=O)O[C@H]1C[C@H](C(C)O)C=C2C=C[C@H](C)[C@H](CC[C@@H]3C[C@@H](O)CC(=O)O3)[C@H]21. The van der Waals surface area contributed by atoms with Crippen LogP contribution in [0.25, 0.3) is 0 Å². The molecule has 6 heteroatoms. The highest BCUT2D eigenvalue weighted by molar-refractivity contribution is 5.72. The van der Waals surface area contributed by atoms with Crippen LogP contribution in [0.3, 0.4) is 0 Å². The standard InChI is InChI=1S/C25H38O6/c1-5-14(2)25(29)31-22-11-18(16(4)26)10-17-7-6-15(3)21(24(17)22)9-8-20-12-19(27)13-23(28)30-20/h6-7,10,14-16,18-22,24,26-27H,5,8-9,11-13H2,1-4H3/t14?,15-,16?,18+,19+,20+,21-,22-,24-/m0/s1. The molecule has 1 heterocycles. The van der Waals surface area contributed by atoms with Gasteiger partial charge in [-0.3, -0.25) is 9.59 Å². The average molecular weight is 435 g/mol. The predicted molar refractivity (Wildman–Crippen MR) is 117 cm³/mol. The minimum absolute atomic E-state index is 0.0471. The molecule has 2 aliphatic carbocycles. The number of fused-ring (bicyclic) bond motifs is 1. The van der Waals surface area contributed by atoms with Crippen LogP contribution in [0, 0.1) is 29.6 Å². The molecule has 174 valence electrons. The molecule has 1 fully saturated rings. The minimum Gasteiger partial charge on any atom is -0.462 e. The first-order chi connectivity index (χ1) is 14.7. The summed E-state index contributed by atoms with van der Waals surface area (Å²) >= 11 is 0. The molecule has 3 rings (SSSR count). The zero-order valence-electron chi connectivity index (χ0n) is 19.2. The third-order valence-electron chi connectivity index (χ3n) is 7.38. The summed E-state index contributed by atoms with van der Waals surface area (Å²) in [5.74, 6) is -0.126. The van der Waals surface area contributed by atoms with E-state index in [-0.39, 0.29) is 54.2 Å². The summed E-state index contributed by atoms with van der Waals surface area (Å²) in [7, 11) is 0. The number of hydrogen-bond acceptors (Lipinski definition) is 6. The Hall–Kier alpha value is -1.66. The molecule has 2 unspecified atom stereocenters. The van der Waals surface area contributed by atoms with E-state index in [2.05, 4.69) is 25.2 Å². The lowest BCUT2D eigenvalue weighted by atomic mass is 9.64. The number of esters is 2. The van der Waals surface area contributed by atoms with E-state index in [0.29, 0.717) is 25.2 Å². The van der Waals surface area contributed by atoms with Crippen LogP contribution < -0.4 is 0 Å². The van der Waals surface area contributed by atoms with Gasteiger partial charge in [-0.25, -0.2) is 0 Å². The number of aliphatic hydroxyl groups excluding tert-OH is 2. The van der Waals surface area contributed by atoms with Crippen molar-refractivity contribution in [1.82, 2.24) is 0 Å². The van der Waals surface area contributed by atoms with E-state index in [1.54, 1.807) is 6.92 Å². The Morgan fingerprint density at radius 2 is 2.03 bits per heavy atom. The van der Waals surface area contributed by atoms with Crippen molar-refractivity contribution < 1.29 is 29.3 Å². The van der Waals surface area contributed by atoms with Gasteiger partial charge in [-0.05, 0) is 50.0 Å². The van der Waals surface area contributed by atoms with Crippen molar-refractivity contribution in [3.05, 3.63) is 23.8 Å². The fourth-order valence-corrected chi connectivity index (χ4v) is 5.23. The van der Waals surface area contributed by atoms with E-state index in [9.17, 15) is 19.8 Å². The second-order valence-electron chi connectivity index (χ2n) is 9.78. The topological polar surface area (TPSA) is 93.1 Å². The molecule has 0 saturated carbocycles. The van der Waals surface area contributed by atoms with E-state index in [1.807, 2.05) is 13.8 Å². The Balaban J connectivity index is 1.79. The lowest BCUT2D eigenvalue weighted by molar-refractivity contribution is -0.162. The maximum absolute atomic E-state index is 12.7. The largest absolute Gasteiger partial charge is 0.462 e. The zero-order chi connectivity index (χ0) is 22.7. The molecular formula is C25H38O6. The van der Waals surface area contributed by atoms with Gasteiger partial charge in [0.15, 0.2) is 0 Å². The third-order valence-corrected chi connectivity index (χ3v) is 7.38. The van der Waals surface area contributed by atoms with E-state index >= 15 is 0 Å². The summed E-state index contributed by atoms with van der Waals surface area (Å²) in [5.41, 5.74) is 1.13. The third kappa shape index (κ3) is 5.78. The maximum Gasteiger partial charge on any atom is 0.308 e. The van der Waals surface area contributed by atoms with E-state index in [0.717, 1.165) is 18.4 Å². The van der Waals surface area contributed by atoms with Gasteiger partial charge in [0, 0.05) is 18.3 Å². The molecule has 0 radical (unpaired) electrons. The number of carbonyl (C=O) groups excluding carboxylic acids is 2. The van der Waals surface area contributed by atoms with Gasteiger partial charge < -0.3 is 19.7 Å². The van der Waals surface area contributed by atoms with E-state index < -0.39 is 12.2 Å². The predicted octanol–water partition coefficient (Wildman–Crippen LogP) is 3.56. The summed E-state index contributed by atoms with van der Waals surface area (Å²) in [5, 5.41) is 20.2. The van der Waals surface area contributed by atoms with Crippen LogP contribution in [0.2, 0.25) is 0 Å². The molecule has 2 N–H and O–H groups in total. The maximum atomic E-state index is 12.7. The first kappa shape index (κ1) is 24.0. The monoisotopic (exact) mass is 434 g/mol. The molecule has 0 aromatic heterocycles.